The number of aryl methyl sites for hydroxylation is 2. The number of hydrogen-bond acceptors (Lipinski definition) is 1. The molecule has 0 amide bonds. The van der Waals surface area contributed by atoms with E-state index in [1.54, 1.807) is 6.07 Å². The first-order valence-electron chi connectivity index (χ1n) is 9.43. The largest absolute Gasteiger partial charge is 0.490 e. The normalized spacial score (nSPS) is 14.5. The molecule has 2 aromatic carbocycles. The van der Waals surface area contributed by atoms with Crippen LogP contribution in [0.3, 0.4) is 0 Å². The first-order valence-corrected chi connectivity index (χ1v) is 9.43. The second-order valence-electron chi connectivity index (χ2n) is 7.09. The van der Waals surface area contributed by atoms with E-state index in [4.69, 9.17) is 4.74 Å². The summed E-state index contributed by atoms with van der Waals surface area (Å²) in [5, 5.41) is 0. The third kappa shape index (κ3) is 3.67. The van der Waals surface area contributed by atoms with Gasteiger partial charge < -0.3 is 4.74 Å². The van der Waals surface area contributed by atoms with Gasteiger partial charge in [0.1, 0.15) is 5.82 Å². The average molecular weight is 356 g/mol. The molecule has 0 N–H and O–H groups in total. The summed E-state index contributed by atoms with van der Waals surface area (Å²) in [7, 11) is 0. The highest BCUT2D eigenvalue weighted by molar-refractivity contribution is 5.84. The van der Waals surface area contributed by atoms with Gasteiger partial charge in [0.2, 0.25) is 0 Å². The van der Waals surface area contributed by atoms with Gasteiger partial charge >= 0.3 is 0 Å². The third-order valence-electron chi connectivity index (χ3n) is 5.07. The molecule has 0 unspecified atom stereocenters. The van der Waals surface area contributed by atoms with Gasteiger partial charge in [0.25, 0.3) is 0 Å². The molecule has 26 heavy (non-hydrogen) atoms. The summed E-state index contributed by atoms with van der Waals surface area (Å²) in [6.07, 6.45) is 4.76. The van der Waals surface area contributed by atoms with Crippen molar-refractivity contribution < 1.29 is 13.5 Å². The van der Waals surface area contributed by atoms with Gasteiger partial charge in [-0.05, 0) is 73.9 Å². The molecule has 0 bridgehead atoms. The van der Waals surface area contributed by atoms with E-state index in [1.807, 2.05) is 26.0 Å². The summed E-state index contributed by atoms with van der Waals surface area (Å²) in [6.45, 7) is 6.62. The van der Waals surface area contributed by atoms with Crippen LogP contribution in [0.1, 0.15) is 61.8 Å². The lowest BCUT2D eigenvalue weighted by Gasteiger charge is -2.22. The third-order valence-corrected chi connectivity index (χ3v) is 5.07. The fourth-order valence-electron chi connectivity index (χ4n) is 3.66. The van der Waals surface area contributed by atoms with E-state index >= 15 is 4.39 Å². The molecule has 0 saturated heterocycles. The van der Waals surface area contributed by atoms with Crippen LogP contribution in [0.5, 0.6) is 5.75 Å². The number of rotatable bonds is 5. The van der Waals surface area contributed by atoms with E-state index in [1.165, 1.54) is 12.1 Å². The van der Waals surface area contributed by atoms with Crippen molar-refractivity contribution in [3.8, 4) is 5.75 Å². The van der Waals surface area contributed by atoms with Crippen LogP contribution >= 0.6 is 0 Å². The molecule has 138 valence electrons. The minimum atomic E-state index is -0.295. The lowest BCUT2D eigenvalue weighted by molar-refractivity contribution is 0.273. The van der Waals surface area contributed by atoms with Crippen LogP contribution in [0.2, 0.25) is 0 Å². The second kappa shape index (κ2) is 8.03. The van der Waals surface area contributed by atoms with Crippen molar-refractivity contribution in [3.05, 3.63) is 69.8 Å². The van der Waals surface area contributed by atoms with Gasteiger partial charge in [-0.25, -0.2) is 8.78 Å². The molecule has 1 heterocycles. The van der Waals surface area contributed by atoms with Crippen LogP contribution < -0.4 is 4.74 Å². The van der Waals surface area contributed by atoms with Crippen molar-refractivity contribution in [1.82, 2.24) is 0 Å². The molecule has 0 saturated carbocycles. The second-order valence-corrected chi connectivity index (χ2v) is 7.09. The standard InChI is InChI=1S/C23H26F2O/c1-4-5-7-15(2)21(19-12-10-18(24)14-16(19)3)20-11-9-17-8-6-13-26-23(17)22(20)25/h9-12,14H,4-8,13H2,1-3H3/b21-15+. The summed E-state index contributed by atoms with van der Waals surface area (Å²) in [5.41, 5.74) is 5.16. The van der Waals surface area contributed by atoms with Gasteiger partial charge in [0.15, 0.2) is 11.6 Å². The Bertz CT molecular complexity index is 836. The highest BCUT2D eigenvalue weighted by Gasteiger charge is 2.22. The van der Waals surface area contributed by atoms with Crippen LogP contribution in [0, 0.1) is 18.6 Å². The predicted octanol–water partition coefficient (Wildman–Crippen LogP) is 6.61. The number of allylic oxidation sites excluding steroid dienone is 1. The lowest BCUT2D eigenvalue weighted by Crippen LogP contribution is -2.11. The van der Waals surface area contributed by atoms with Crippen molar-refractivity contribution in [2.75, 3.05) is 6.61 Å². The van der Waals surface area contributed by atoms with E-state index < -0.39 is 0 Å². The lowest BCUT2D eigenvalue weighted by atomic mass is 9.87. The summed E-state index contributed by atoms with van der Waals surface area (Å²) in [5.74, 6) is -0.183. The molecule has 0 fully saturated rings. The maximum absolute atomic E-state index is 15.4. The SMILES string of the molecule is CCCC/C(C)=C(\c1ccc(F)cc1C)c1ccc2c(c1F)OCCC2. The highest BCUT2D eigenvalue weighted by atomic mass is 19.1. The topological polar surface area (TPSA) is 9.23 Å². The minimum Gasteiger partial charge on any atom is -0.490 e. The van der Waals surface area contributed by atoms with Crippen LogP contribution in [0.4, 0.5) is 8.78 Å². The van der Waals surface area contributed by atoms with Gasteiger partial charge in [-0.2, -0.15) is 0 Å². The Kier molecular flexibility index (Phi) is 5.75. The van der Waals surface area contributed by atoms with Crippen molar-refractivity contribution in [1.29, 1.82) is 0 Å². The molecular weight excluding hydrogens is 330 g/mol. The zero-order valence-electron chi connectivity index (χ0n) is 15.8. The zero-order valence-corrected chi connectivity index (χ0v) is 15.8. The fourth-order valence-corrected chi connectivity index (χ4v) is 3.66. The number of halogens is 2. The molecule has 1 nitrogen and oxygen atoms in total. The minimum absolute atomic E-state index is 0.272. The van der Waals surface area contributed by atoms with Crippen molar-refractivity contribution in [3.63, 3.8) is 0 Å². The van der Waals surface area contributed by atoms with Crippen LogP contribution in [0.25, 0.3) is 5.57 Å². The summed E-state index contributed by atoms with van der Waals surface area (Å²) in [6, 6.07) is 8.54. The van der Waals surface area contributed by atoms with Gasteiger partial charge in [0, 0.05) is 5.56 Å². The molecule has 0 radical (unpaired) electrons. The monoisotopic (exact) mass is 356 g/mol. The Labute approximate surface area is 154 Å². The fraction of sp³-hybridized carbons (Fsp3) is 0.391. The first kappa shape index (κ1) is 18.6. The van der Waals surface area contributed by atoms with Gasteiger partial charge in [-0.3, -0.25) is 0 Å². The summed E-state index contributed by atoms with van der Waals surface area (Å²) in [4.78, 5) is 0. The number of benzene rings is 2. The van der Waals surface area contributed by atoms with Gasteiger partial charge in [-0.15, -0.1) is 0 Å². The molecule has 0 spiro atoms. The molecule has 2 aromatic rings. The molecule has 3 rings (SSSR count). The van der Waals surface area contributed by atoms with E-state index in [-0.39, 0.29) is 11.6 Å². The maximum atomic E-state index is 15.4. The van der Waals surface area contributed by atoms with Crippen LogP contribution in [0.15, 0.2) is 35.9 Å². The predicted molar refractivity (Wildman–Crippen MR) is 103 cm³/mol. The molecule has 1 aliphatic heterocycles. The van der Waals surface area contributed by atoms with Crippen molar-refractivity contribution in [2.24, 2.45) is 0 Å². The molecule has 0 atom stereocenters. The molecule has 1 aliphatic rings. The van der Waals surface area contributed by atoms with Crippen molar-refractivity contribution in [2.45, 2.75) is 52.9 Å². The van der Waals surface area contributed by atoms with E-state index in [0.717, 1.165) is 59.9 Å². The van der Waals surface area contributed by atoms with Crippen LogP contribution in [-0.2, 0) is 6.42 Å². The molecule has 3 heteroatoms. The Morgan fingerprint density at radius 2 is 1.88 bits per heavy atom. The van der Waals surface area contributed by atoms with E-state index in [0.29, 0.717) is 17.9 Å². The van der Waals surface area contributed by atoms with E-state index in [9.17, 15) is 4.39 Å². The number of hydrogen-bond donors (Lipinski definition) is 0. The smallest absolute Gasteiger partial charge is 0.173 e. The molecular formula is C23H26F2O. The van der Waals surface area contributed by atoms with Crippen LogP contribution in [-0.4, -0.2) is 6.61 Å². The average Bonchev–Trinajstić information content (AvgIpc) is 2.63. The first-order chi connectivity index (χ1) is 12.5. The molecule has 0 aliphatic carbocycles. The Balaban J connectivity index is 2.18. The maximum Gasteiger partial charge on any atom is 0.173 e. The Morgan fingerprint density at radius 3 is 2.62 bits per heavy atom. The highest BCUT2D eigenvalue weighted by Crippen LogP contribution is 2.38. The number of fused-ring (bicyclic) bond motifs is 1. The zero-order chi connectivity index (χ0) is 18.7. The molecule has 0 aromatic heterocycles. The Hall–Kier alpha value is -2.16. The number of ether oxygens (including phenoxy) is 1. The number of unbranched alkanes of at least 4 members (excludes halogenated alkanes) is 1. The Morgan fingerprint density at radius 1 is 1.12 bits per heavy atom. The summed E-state index contributed by atoms with van der Waals surface area (Å²) < 4.78 is 34.6. The quantitative estimate of drug-likeness (QED) is 0.586. The van der Waals surface area contributed by atoms with E-state index in [2.05, 4.69) is 6.92 Å². The summed E-state index contributed by atoms with van der Waals surface area (Å²) >= 11 is 0. The van der Waals surface area contributed by atoms with Gasteiger partial charge in [0.05, 0.1) is 6.61 Å². The van der Waals surface area contributed by atoms with Crippen molar-refractivity contribution >= 4 is 5.57 Å². The van der Waals surface area contributed by atoms with Gasteiger partial charge in [-0.1, -0.05) is 37.1 Å².